The van der Waals surface area contributed by atoms with Gasteiger partial charge in [-0.1, -0.05) is 31.5 Å². The van der Waals surface area contributed by atoms with Crippen LogP contribution in [-0.2, 0) is 0 Å². The van der Waals surface area contributed by atoms with Crippen LogP contribution in [0.2, 0.25) is 0 Å². The molecule has 0 spiro atoms. The van der Waals surface area contributed by atoms with Crippen molar-refractivity contribution in [3.05, 3.63) is 0 Å². The Morgan fingerprint density at radius 3 is 3.00 bits per heavy atom. The lowest BCUT2D eigenvalue weighted by molar-refractivity contribution is 0.306. The molecule has 2 fully saturated rings. The average molecular weight is 281 g/mol. The topological polar surface area (TPSA) is 55.6 Å². The van der Waals surface area contributed by atoms with Gasteiger partial charge in [-0.25, -0.2) is 4.68 Å². The van der Waals surface area contributed by atoms with Crippen LogP contribution >= 0.6 is 11.8 Å². The highest BCUT2D eigenvalue weighted by molar-refractivity contribution is 7.99. The van der Waals surface area contributed by atoms with Crippen LogP contribution < -0.4 is 5.32 Å². The lowest BCUT2D eigenvalue weighted by Gasteiger charge is -2.27. The molecule has 2 saturated carbocycles. The molecule has 6 heteroatoms. The molecular weight excluding hydrogens is 258 g/mol. The van der Waals surface area contributed by atoms with E-state index in [9.17, 15) is 0 Å². The van der Waals surface area contributed by atoms with Crippen molar-refractivity contribution in [2.24, 2.45) is 5.92 Å². The average Bonchev–Trinajstić information content (AvgIpc) is 3.14. The van der Waals surface area contributed by atoms with Crippen molar-refractivity contribution in [1.82, 2.24) is 25.5 Å². The summed E-state index contributed by atoms with van der Waals surface area (Å²) in [6.45, 7) is 3.42. The second-order valence-corrected chi connectivity index (χ2v) is 6.97. The maximum absolute atomic E-state index is 4.11. The largest absolute Gasteiger partial charge is 0.313 e. The predicted molar refractivity (Wildman–Crippen MR) is 76.2 cm³/mol. The molecule has 0 amide bonds. The fraction of sp³-hybridized carbons (Fsp3) is 0.923. The van der Waals surface area contributed by atoms with E-state index in [4.69, 9.17) is 0 Å². The van der Waals surface area contributed by atoms with Gasteiger partial charge in [-0.2, -0.15) is 0 Å². The summed E-state index contributed by atoms with van der Waals surface area (Å²) in [5.74, 6) is 1.94. The maximum Gasteiger partial charge on any atom is 0.209 e. The minimum absolute atomic E-state index is 0.574. The number of aromatic nitrogens is 4. The number of thioether (sulfide) groups is 1. The standard InChI is InChI=1S/C13H23N5S/c1-10-3-2-4-11(9-10)14-7-8-19-13-15-16-17-18(13)12-5-6-12/h10-12,14H,2-9H2,1H3. The summed E-state index contributed by atoms with van der Waals surface area (Å²) < 4.78 is 1.99. The van der Waals surface area contributed by atoms with E-state index in [2.05, 4.69) is 27.8 Å². The highest BCUT2D eigenvalue weighted by Gasteiger charge is 2.27. The zero-order chi connectivity index (χ0) is 13.1. The van der Waals surface area contributed by atoms with Crippen molar-refractivity contribution in [1.29, 1.82) is 0 Å². The molecule has 2 unspecified atom stereocenters. The Morgan fingerprint density at radius 2 is 2.21 bits per heavy atom. The second-order valence-electron chi connectivity index (χ2n) is 5.91. The van der Waals surface area contributed by atoms with Gasteiger partial charge in [0.25, 0.3) is 0 Å². The molecule has 0 aromatic carbocycles. The molecule has 0 radical (unpaired) electrons. The first-order valence-electron chi connectivity index (χ1n) is 7.47. The van der Waals surface area contributed by atoms with Crippen molar-refractivity contribution in [3.63, 3.8) is 0 Å². The molecule has 0 saturated heterocycles. The Kier molecular flexibility index (Phi) is 4.38. The minimum Gasteiger partial charge on any atom is -0.313 e. The monoisotopic (exact) mass is 281 g/mol. The lowest BCUT2D eigenvalue weighted by Crippen LogP contribution is -2.34. The Labute approximate surface area is 118 Å². The maximum atomic E-state index is 4.11. The van der Waals surface area contributed by atoms with Gasteiger partial charge in [-0.05, 0) is 42.0 Å². The first-order chi connectivity index (χ1) is 9.33. The van der Waals surface area contributed by atoms with E-state index in [1.807, 2.05) is 4.68 Å². The SMILES string of the molecule is CC1CCCC(NCCSc2nnnn2C2CC2)C1. The molecule has 2 atom stereocenters. The highest BCUT2D eigenvalue weighted by Crippen LogP contribution is 2.36. The van der Waals surface area contributed by atoms with E-state index in [0.29, 0.717) is 6.04 Å². The molecule has 1 heterocycles. The third-order valence-electron chi connectivity index (χ3n) is 4.06. The number of tetrazole rings is 1. The molecule has 106 valence electrons. The van der Waals surface area contributed by atoms with E-state index in [0.717, 1.165) is 29.4 Å². The Hall–Kier alpha value is -0.620. The van der Waals surface area contributed by atoms with Gasteiger partial charge >= 0.3 is 0 Å². The summed E-state index contributed by atoms with van der Waals surface area (Å²) in [5, 5.41) is 16.6. The molecule has 2 aliphatic rings. The Morgan fingerprint density at radius 1 is 1.32 bits per heavy atom. The van der Waals surface area contributed by atoms with Crippen LogP contribution in [0.1, 0.15) is 51.5 Å². The number of hydrogen-bond donors (Lipinski definition) is 1. The number of hydrogen-bond acceptors (Lipinski definition) is 5. The quantitative estimate of drug-likeness (QED) is 0.640. The third-order valence-corrected chi connectivity index (χ3v) is 4.99. The van der Waals surface area contributed by atoms with E-state index >= 15 is 0 Å². The fourth-order valence-electron chi connectivity index (χ4n) is 2.85. The second kappa shape index (κ2) is 6.22. The van der Waals surface area contributed by atoms with Crippen molar-refractivity contribution in [3.8, 4) is 0 Å². The van der Waals surface area contributed by atoms with E-state index in [1.54, 1.807) is 11.8 Å². The van der Waals surface area contributed by atoms with Crippen LogP contribution in [0.3, 0.4) is 0 Å². The predicted octanol–water partition coefficient (Wildman–Crippen LogP) is 2.27. The van der Waals surface area contributed by atoms with Crippen LogP contribution in [0.4, 0.5) is 0 Å². The van der Waals surface area contributed by atoms with Gasteiger partial charge in [0.15, 0.2) is 0 Å². The molecule has 1 N–H and O–H groups in total. The fourth-order valence-corrected chi connectivity index (χ4v) is 3.67. The van der Waals surface area contributed by atoms with Gasteiger partial charge in [-0.15, -0.1) is 5.10 Å². The van der Waals surface area contributed by atoms with Gasteiger partial charge in [-0.3, -0.25) is 0 Å². The van der Waals surface area contributed by atoms with Gasteiger partial charge in [0.05, 0.1) is 6.04 Å². The van der Waals surface area contributed by atoms with E-state index in [-0.39, 0.29) is 0 Å². The van der Waals surface area contributed by atoms with Crippen molar-refractivity contribution >= 4 is 11.8 Å². The van der Waals surface area contributed by atoms with Gasteiger partial charge < -0.3 is 5.32 Å². The van der Waals surface area contributed by atoms with E-state index < -0.39 is 0 Å². The van der Waals surface area contributed by atoms with Gasteiger partial charge in [0, 0.05) is 18.3 Å². The van der Waals surface area contributed by atoms with Crippen LogP contribution in [0.15, 0.2) is 5.16 Å². The molecular formula is C13H23N5S. The highest BCUT2D eigenvalue weighted by atomic mass is 32.2. The van der Waals surface area contributed by atoms with Crippen molar-refractivity contribution in [2.45, 2.75) is 62.7 Å². The van der Waals surface area contributed by atoms with Crippen LogP contribution in [0.25, 0.3) is 0 Å². The first kappa shape index (κ1) is 13.4. The Balaban J connectivity index is 1.37. The van der Waals surface area contributed by atoms with Crippen LogP contribution in [-0.4, -0.2) is 38.5 Å². The zero-order valence-electron chi connectivity index (χ0n) is 11.6. The molecule has 0 aliphatic heterocycles. The lowest BCUT2D eigenvalue weighted by atomic mass is 9.87. The smallest absolute Gasteiger partial charge is 0.209 e. The number of nitrogens with zero attached hydrogens (tertiary/aromatic N) is 4. The molecule has 1 aromatic rings. The number of rotatable bonds is 6. The van der Waals surface area contributed by atoms with E-state index in [1.165, 1.54) is 38.5 Å². The van der Waals surface area contributed by atoms with Gasteiger partial charge in [0.2, 0.25) is 5.16 Å². The molecule has 3 rings (SSSR count). The van der Waals surface area contributed by atoms with Crippen LogP contribution in [0, 0.1) is 5.92 Å². The van der Waals surface area contributed by atoms with Crippen LogP contribution in [0.5, 0.6) is 0 Å². The zero-order valence-corrected chi connectivity index (χ0v) is 12.4. The molecule has 0 bridgehead atoms. The Bertz CT molecular complexity index is 403. The first-order valence-corrected chi connectivity index (χ1v) is 8.45. The summed E-state index contributed by atoms with van der Waals surface area (Å²) in [6, 6.07) is 1.30. The summed E-state index contributed by atoms with van der Waals surface area (Å²) in [6.07, 6.45) is 7.93. The minimum atomic E-state index is 0.574. The summed E-state index contributed by atoms with van der Waals surface area (Å²) >= 11 is 1.78. The summed E-state index contributed by atoms with van der Waals surface area (Å²) in [5.41, 5.74) is 0. The van der Waals surface area contributed by atoms with Crippen molar-refractivity contribution in [2.75, 3.05) is 12.3 Å². The molecule has 19 heavy (non-hydrogen) atoms. The number of nitrogens with one attached hydrogen (secondary N) is 1. The van der Waals surface area contributed by atoms with Gasteiger partial charge in [0.1, 0.15) is 0 Å². The summed E-state index contributed by atoms with van der Waals surface area (Å²) in [7, 11) is 0. The molecule has 5 nitrogen and oxygen atoms in total. The molecule has 2 aliphatic carbocycles. The van der Waals surface area contributed by atoms with Crippen molar-refractivity contribution < 1.29 is 0 Å². The third kappa shape index (κ3) is 3.69. The normalized spacial score (nSPS) is 27.6. The summed E-state index contributed by atoms with van der Waals surface area (Å²) in [4.78, 5) is 0. The molecule has 1 aromatic heterocycles.